The molecule has 0 radical (unpaired) electrons. The first-order chi connectivity index (χ1) is 33.0. The molecule has 2 saturated carbocycles. The van der Waals surface area contributed by atoms with Crippen LogP contribution in [0.2, 0.25) is 0 Å². The second kappa shape index (κ2) is 19.7. The van der Waals surface area contributed by atoms with Crippen LogP contribution in [0.3, 0.4) is 0 Å². The van der Waals surface area contributed by atoms with E-state index in [1.54, 1.807) is 103 Å². The summed E-state index contributed by atoms with van der Waals surface area (Å²) in [6, 6.07) is 23.1. The van der Waals surface area contributed by atoms with Crippen molar-refractivity contribution < 1.29 is 72.6 Å². The van der Waals surface area contributed by atoms with Crippen molar-refractivity contribution in [3.05, 3.63) is 119 Å². The molecular weight excluding hydrogens is 907 g/mol. The number of benzene rings is 3. The molecule has 2 saturated heterocycles. The lowest BCUT2D eigenvalue weighted by Gasteiger charge is -2.67. The number of ether oxygens (including phenoxy) is 5. The molecule has 0 spiro atoms. The van der Waals surface area contributed by atoms with Crippen molar-refractivity contribution in [2.75, 3.05) is 33.8 Å². The number of amides is 3. The van der Waals surface area contributed by atoms with E-state index in [0.717, 1.165) is 26.9 Å². The first kappa shape index (κ1) is 51.4. The van der Waals surface area contributed by atoms with Gasteiger partial charge >= 0.3 is 29.9 Å². The Kier molecular flexibility index (Phi) is 14.5. The van der Waals surface area contributed by atoms with Gasteiger partial charge in [0.2, 0.25) is 0 Å². The maximum atomic E-state index is 15.5. The van der Waals surface area contributed by atoms with E-state index in [9.17, 15) is 44.1 Å². The number of carbonyl (C=O) groups excluding carboxylic acids is 7. The molecule has 4 N–H and O–H groups in total. The number of carbonyl (C=O) groups is 7. The van der Waals surface area contributed by atoms with E-state index in [4.69, 9.17) is 23.7 Å². The lowest BCUT2D eigenvalue weighted by atomic mass is 9.44. The summed E-state index contributed by atoms with van der Waals surface area (Å²) in [6.07, 6.45) is -10.5. The number of aliphatic hydroxyl groups is 3. The van der Waals surface area contributed by atoms with E-state index in [1.807, 2.05) is 14.1 Å². The van der Waals surface area contributed by atoms with Crippen LogP contribution in [-0.4, -0.2) is 148 Å². The monoisotopic (exact) mass is 967 g/mol. The number of urea groups is 1. The van der Waals surface area contributed by atoms with E-state index < -0.39 is 113 Å². The number of likely N-dealkylation sites (N-methyl/N-ethyl adjacent to an activating group) is 2. The molecule has 2 unspecified atom stereocenters. The van der Waals surface area contributed by atoms with Crippen molar-refractivity contribution >= 4 is 41.6 Å². The highest BCUT2D eigenvalue weighted by molar-refractivity contribution is 5.96. The molecule has 70 heavy (non-hydrogen) atoms. The van der Waals surface area contributed by atoms with Crippen LogP contribution in [0.5, 0.6) is 0 Å². The second-order valence-corrected chi connectivity index (χ2v) is 19.5. The summed E-state index contributed by atoms with van der Waals surface area (Å²) in [4.78, 5) is 97.6. The Hall–Kier alpha value is -6.47. The Balaban J connectivity index is 0.000000820. The SMILES string of the molecule is CC(=O)O[C@H]1C(=O)[C@@]2(C)C(C(OC(=O)c3ccccc3)[C@]3(O)C[C@H](OC(=O)[C@H](O)[C@@H](NC(=O)c4ccccc4)c4ccccc4)C(C)=C1C3(C)C)[C@]1(OC(C)=O)CO[C@@H]1C[C@@H]2O.CN1CCN(C)C1=O. The topological polar surface area (TPSA) is 245 Å². The van der Waals surface area contributed by atoms with Gasteiger partial charge in [-0.2, -0.15) is 0 Å². The molecule has 2 heterocycles. The Morgan fingerprint density at radius 1 is 0.800 bits per heavy atom. The van der Waals surface area contributed by atoms with Crippen molar-refractivity contribution in [1.82, 2.24) is 15.1 Å². The van der Waals surface area contributed by atoms with Crippen LogP contribution < -0.4 is 5.32 Å². The van der Waals surface area contributed by atoms with E-state index >= 15 is 4.79 Å². The minimum atomic E-state index is -2.39. The van der Waals surface area contributed by atoms with Gasteiger partial charge in [-0.3, -0.25) is 19.2 Å². The molecule has 5 aliphatic rings. The molecular formula is C52H61N3O15. The number of ketones is 1. The van der Waals surface area contributed by atoms with Gasteiger partial charge in [-0.15, -0.1) is 0 Å². The minimum absolute atomic E-state index is 0.00289. The number of nitrogens with one attached hydrogen (secondary N) is 1. The van der Waals surface area contributed by atoms with Gasteiger partial charge in [-0.25, -0.2) is 14.4 Å². The van der Waals surface area contributed by atoms with Crippen LogP contribution in [0.1, 0.15) is 86.7 Å². The predicted molar refractivity (Wildman–Crippen MR) is 248 cm³/mol. The van der Waals surface area contributed by atoms with Crippen molar-refractivity contribution in [2.45, 2.75) is 108 Å². The Morgan fingerprint density at radius 3 is 1.86 bits per heavy atom. The lowest BCUT2D eigenvalue weighted by molar-refractivity contribution is -0.346. The number of esters is 4. The first-order valence-corrected chi connectivity index (χ1v) is 23.2. The highest BCUT2D eigenvalue weighted by atomic mass is 16.6. The van der Waals surface area contributed by atoms with Crippen molar-refractivity contribution in [3.63, 3.8) is 0 Å². The Labute approximate surface area is 405 Å². The first-order valence-electron chi connectivity index (χ1n) is 23.2. The summed E-state index contributed by atoms with van der Waals surface area (Å²) in [5, 5.41) is 40.2. The maximum absolute atomic E-state index is 15.5. The van der Waals surface area contributed by atoms with Gasteiger partial charge in [-0.1, -0.05) is 80.6 Å². The zero-order valence-electron chi connectivity index (χ0n) is 40.4. The summed E-state index contributed by atoms with van der Waals surface area (Å²) in [5.41, 5.74) is -7.02. The number of nitrogens with zero attached hydrogens (tertiary/aromatic N) is 2. The number of Topliss-reactive ketones (excluding diaryl/α,β-unsaturated/α-hetero) is 1. The molecule has 18 heteroatoms. The van der Waals surface area contributed by atoms with Crippen LogP contribution in [0, 0.1) is 16.7 Å². The third-order valence-electron chi connectivity index (χ3n) is 14.9. The van der Waals surface area contributed by atoms with Gasteiger partial charge in [0.1, 0.15) is 23.9 Å². The molecule has 18 nitrogen and oxygen atoms in total. The van der Waals surface area contributed by atoms with Crippen LogP contribution in [0.25, 0.3) is 0 Å². The average Bonchev–Trinajstić information content (AvgIpc) is 3.62. The normalized spacial score (nSPS) is 30.6. The fourth-order valence-corrected chi connectivity index (χ4v) is 11.0. The summed E-state index contributed by atoms with van der Waals surface area (Å²) in [7, 11) is 3.62. The van der Waals surface area contributed by atoms with Crippen molar-refractivity contribution in [2.24, 2.45) is 16.7 Å². The van der Waals surface area contributed by atoms with E-state index in [0.29, 0.717) is 5.56 Å². The number of fused-ring (bicyclic) bond motifs is 5. The van der Waals surface area contributed by atoms with Gasteiger partial charge < -0.3 is 54.1 Å². The second-order valence-electron chi connectivity index (χ2n) is 19.5. The van der Waals surface area contributed by atoms with Crippen molar-refractivity contribution in [1.29, 1.82) is 0 Å². The van der Waals surface area contributed by atoms with Gasteiger partial charge in [0, 0.05) is 64.9 Å². The largest absolute Gasteiger partial charge is 0.456 e. The summed E-state index contributed by atoms with van der Waals surface area (Å²) in [6.45, 7) is 9.72. The van der Waals surface area contributed by atoms with E-state index in [-0.39, 0.29) is 41.3 Å². The molecule has 0 aromatic heterocycles. The van der Waals surface area contributed by atoms with Crippen LogP contribution >= 0.6 is 0 Å². The Morgan fingerprint density at radius 2 is 1.36 bits per heavy atom. The number of aliphatic hydroxyl groups excluding tert-OH is 2. The fourth-order valence-electron chi connectivity index (χ4n) is 11.0. The summed E-state index contributed by atoms with van der Waals surface area (Å²) >= 11 is 0. The van der Waals surface area contributed by atoms with Gasteiger partial charge in [-0.05, 0) is 54.8 Å². The third-order valence-corrected chi connectivity index (χ3v) is 14.9. The summed E-state index contributed by atoms with van der Waals surface area (Å²) < 4.78 is 30.3. The van der Waals surface area contributed by atoms with Gasteiger partial charge in [0.05, 0.1) is 35.6 Å². The minimum Gasteiger partial charge on any atom is -0.456 e. The zero-order valence-corrected chi connectivity index (χ0v) is 40.4. The highest BCUT2D eigenvalue weighted by Gasteiger charge is 2.78. The fraction of sp³-hybridized carbons (Fsp3) is 0.481. The molecule has 3 aromatic carbocycles. The molecule has 2 bridgehead atoms. The van der Waals surface area contributed by atoms with Crippen molar-refractivity contribution in [3.8, 4) is 0 Å². The average molecular weight is 968 g/mol. The zero-order chi connectivity index (χ0) is 51.1. The predicted octanol–water partition coefficient (Wildman–Crippen LogP) is 3.72. The van der Waals surface area contributed by atoms with Gasteiger partial charge in [0.25, 0.3) is 5.91 Å². The van der Waals surface area contributed by atoms with E-state index in [1.165, 1.54) is 26.0 Å². The van der Waals surface area contributed by atoms with Gasteiger partial charge in [0.15, 0.2) is 23.6 Å². The number of hydrogen-bond donors (Lipinski definition) is 4. The van der Waals surface area contributed by atoms with E-state index in [2.05, 4.69) is 5.32 Å². The molecule has 3 aliphatic carbocycles. The van der Waals surface area contributed by atoms with Crippen LogP contribution in [-0.2, 0) is 42.9 Å². The van der Waals surface area contributed by atoms with Crippen LogP contribution in [0.15, 0.2) is 102 Å². The number of rotatable bonds is 10. The lowest BCUT2D eigenvalue weighted by Crippen LogP contribution is -2.82. The van der Waals surface area contributed by atoms with Crippen LogP contribution in [0.4, 0.5) is 4.79 Å². The molecule has 374 valence electrons. The standard InChI is InChI=1S/C47H51NO14.C5H10N2O/c1-25-31(60-43(56)36(52)35(28-16-10-7-11-17-28)48-41(54)29-18-12-8-13-19-29)23-47(57)40(61-42(55)30-20-14-9-15-21-30)38-45(6,32(51)22-33-46(38,24-58-33)62-27(3)50)39(53)37(59-26(2)49)34(25)44(47,4)5;1-6-3-4-7(2)5(6)8/h7-21,31-33,35-38,40,51-52,57H,22-24H2,1-6H3,(H,48,54);3-4H2,1-2H3/t31-,32-,33+,35-,36+,37+,38?,40?,45+,46-,47+;/m0./s1. The molecule has 8 rings (SSSR count). The maximum Gasteiger partial charge on any atom is 0.338 e. The highest BCUT2D eigenvalue weighted by Crippen LogP contribution is 2.64. The number of hydrogen-bond acceptors (Lipinski definition) is 15. The molecule has 3 amide bonds. The third kappa shape index (κ3) is 9.08. The summed E-state index contributed by atoms with van der Waals surface area (Å²) in [5.74, 6) is -6.84. The Bertz CT molecular complexity index is 2530. The quantitative estimate of drug-likeness (QED) is 0.129. The molecule has 11 atom stereocenters. The molecule has 4 fully saturated rings. The molecule has 3 aromatic rings. The molecule has 2 aliphatic heterocycles. The smallest absolute Gasteiger partial charge is 0.338 e.